The normalized spacial score (nSPS) is 12.7. The molecule has 0 aliphatic carbocycles. The third-order valence-corrected chi connectivity index (χ3v) is 3.19. The van der Waals surface area contributed by atoms with Crippen LogP contribution in [-0.2, 0) is 0 Å². The van der Waals surface area contributed by atoms with Crippen molar-refractivity contribution in [2.24, 2.45) is 5.73 Å². The second-order valence-electron chi connectivity index (χ2n) is 3.48. The molecule has 0 bridgehead atoms. The van der Waals surface area contributed by atoms with E-state index < -0.39 is 0 Å². The number of rotatable bonds is 2. The highest BCUT2D eigenvalue weighted by Crippen LogP contribution is 2.29. The van der Waals surface area contributed by atoms with Crippen LogP contribution < -0.4 is 11.5 Å². The van der Waals surface area contributed by atoms with Gasteiger partial charge in [0, 0.05) is 6.04 Å². The van der Waals surface area contributed by atoms with Crippen molar-refractivity contribution >= 4 is 17.2 Å². The van der Waals surface area contributed by atoms with Crippen LogP contribution in [0.5, 0.6) is 0 Å². The van der Waals surface area contributed by atoms with E-state index in [4.69, 9.17) is 11.5 Å². The van der Waals surface area contributed by atoms with Gasteiger partial charge in [0.25, 0.3) is 0 Å². The summed E-state index contributed by atoms with van der Waals surface area (Å²) in [6.45, 7) is 1.97. The van der Waals surface area contributed by atoms with Crippen LogP contribution in [0, 0.1) is 0 Å². The van der Waals surface area contributed by atoms with Crippen molar-refractivity contribution in [3.05, 3.63) is 35.3 Å². The number of thiazole rings is 1. The largest absolute Gasteiger partial charge is 0.382 e. The molecule has 2 rings (SSSR count). The lowest BCUT2D eigenvalue weighted by Crippen LogP contribution is -2.04. The van der Waals surface area contributed by atoms with Crippen molar-refractivity contribution < 1.29 is 0 Å². The average molecular weight is 219 g/mol. The molecule has 1 aromatic carbocycles. The van der Waals surface area contributed by atoms with Crippen LogP contribution in [0.3, 0.4) is 0 Å². The second kappa shape index (κ2) is 4.00. The van der Waals surface area contributed by atoms with Crippen LogP contribution in [0.1, 0.15) is 18.5 Å². The van der Waals surface area contributed by atoms with E-state index in [1.807, 2.05) is 31.2 Å². The quantitative estimate of drug-likeness (QED) is 0.815. The number of hydrogen-bond acceptors (Lipinski definition) is 4. The lowest BCUT2D eigenvalue weighted by atomic mass is 10.1. The molecule has 0 saturated carbocycles. The number of hydrogen-bond donors (Lipinski definition) is 2. The Morgan fingerprint density at radius 3 is 2.40 bits per heavy atom. The summed E-state index contributed by atoms with van der Waals surface area (Å²) >= 11 is 1.55. The topological polar surface area (TPSA) is 64.9 Å². The molecule has 4 N–H and O–H groups in total. The van der Waals surface area contributed by atoms with Crippen molar-refractivity contribution in [1.29, 1.82) is 0 Å². The predicted octanol–water partition coefficient (Wildman–Crippen LogP) is 2.41. The van der Waals surface area contributed by atoms with Gasteiger partial charge in [-0.05, 0) is 18.1 Å². The van der Waals surface area contributed by atoms with Gasteiger partial charge in [0.1, 0.15) is 5.82 Å². The average Bonchev–Trinajstić information content (AvgIpc) is 2.65. The summed E-state index contributed by atoms with van der Waals surface area (Å²) in [6.07, 6.45) is 0. The molecule has 0 spiro atoms. The van der Waals surface area contributed by atoms with Gasteiger partial charge in [-0.3, -0.25) is 0 Å². The summed E-state index contributed by atoms with van der Waals surface area (Å²) in [5, 5.41) is 0. The predicted molar refractivity (Wildman–Crippen MR) is 64.6 cm³/mol. The molecule has 3 nitrogen and oxygen atoms in total. The molecule has 0 radical (unpaired) electrons. The molecule has 0 amide bonds. The number of nitrogens with zero attached hydrogens (tertiary/aromatic N) is 1. The van der Waals surface area contributed by atoms with Crippen molar-refractivity contribution in [2.45, 2.75) is 13.0 Å². The first-order chi connectivity index (χ1) is 7.18. The fraction of sp³-hybridized carbons (Fsp3) is 0.182. The van der Waals surface area contributed by atoms with E-state index in [2.05, 4.69) is 4.98 Å². The third kappa shape index (κ3) is 2.00. The smallest absolute Gasteiger partial charge is 0.142 e. The molecule has 1 unspecified atom stereocenters. The zero-order chi connectivity index (χ0) is 10.8. The number of nitrogens with two attached hydrogens (primary N) is 2. The van der Waals surface area contributed by atoms with Crippen LogP contribution in [0.15, 0.2) is 29.8 Å². The summed E-state index contributed by atoms with van der Waals surface area (Å²) in [4.78, 5) is 5.04. The Kier molecular flexibility index (Phi) is 2.70. The molecule has 0 aliphatic heterocycles. The van der Waals surface area contributed by atoms with Crippen LogP contribution in [0.4, 0.5) is 5.82 Å². The highest BCUT2D eigenvalue weighted by molar-refractivity contribution is 7.13. The summed E-state index contributed by atoms with van der Waals surface area (Å²) in [6, 6.07) is 8.18. The van der Waals surface area contributed by atoms with Crippen LogP contribution in [0.25, 0.3) is 10.4 Å². The Bertz CT molecular complexity index is 445. The minimum absolute atomic E-state index is 0.0675. The van der Waals surface area contributed by atoms with E-state index in [0.717, 1.165) is 16.0 Å². The summed E-state index contributed by atoms with van der Waals surface area (Å²) in [7, 11) is 0. The molecular weight excluding hydrogens is 206 g/mol. The second-order valence-corrected chi connectivity index (χ2v) is 4.33. The van der Waals surface area contributed by atoms with E-state index in [1.165, 1.54) is 0 Å². The minimum atomic E-state index is 0.0675. The molecule has 1 atom stereocenters. The molecular formula is C11H13N3S. The standard InChI is InChI=1S/C11H13N3S/c1-7(12)8-2-4-9(5-3-8)10-11(13)14-6-15-10/h2-7H,12-13H2,1H3. The van der Waals surface area contributed by atoms with Crippen LogP contribution >= 0.6 is 11.3 Å². The molecule has 4 heteroatoms. The summed E-state index contributed by atoms with van der Waals surface area (Å²) in [5.41, 5.74) is 15.5. The maximum absolute atomic E-state index is 5.78. The minimum Gasteiger partial charge on any atom is -0.382 e. The SMILES string of the molecule is CC(N)c1ccc(-c2scnc2N)cc1. The molecule has 2 aromatic rings. The monoisotopic (exact) mass is 219 g/mol. The number of nitrogen functional groups attached to an aromatic ring is 1. The maximum Gasteiger partial charge on any atom is 0.142 e. The fourth-order valence-corrected chi connectivity index (χ4v) is 2.13. The molecule has 0 fully saturated rings. The van der Waals surface area contributed by atoms with Crippen molar-refractivity contribution in [2.75, 3.05) is 5.73 Å². The van der Waals surface area contributed by atoms with Gasteiger partial charge in [-0.25, -0.2) is 4.98 Å². The third-order valence-electron chi connectivity index (χ3n) is 2.29. The Hall–Kier alpha value is -1.39. The first kappa shape index (κ1) is 10.1. The van der Waals surface area contributed by atoms with Crippen LogP contribution in [-0.4, -0.2) is 4.98 Å². The zero-order valence-electron chi connectivity index (χ0n) is 8.47. The Morgan fingerprint density at radius 2 is 1.93 bits per heavy atom. The molecule has 1 aromatic heterocycles. The van der Waals surface area contributed by atoms with Crippen molar-refractivity contribution in [3.63, 3.8) is 0 Å². The van der Waals surface area contributed by atoms with E-state index in [1.54, 1.807) is 16.8 Å². The summed E-state index contributed by atoms with van der Waals surface area (Å²) in [5.74, 6) is 0.591. The molecule has 15 heavy (non-hydrogen) atoms. The highest BCUT2D eigenvalue weighted by atomic mass is 32.1. The Morgan fingerprint density at radius 1 is 1.27 bits per heavy atom. The van der Waals surface area contributed by atoms with Crippen molar-refractivity contribution in [3.8, 4) is 10.4 Å². The molecule has 0 saturated heterocycles. The van der Waals surface area contributed by atoms with E-state index in [0.29, 0.717) is 5.82 Å². The molecule has 0 aliphatic rings. The van der Waals surface area contributed by atoms with E-state index >= 15 is 0 Å². The highest BCUT2D eigenvalue weighted by Gasteiger charge is 2.05. The first-order valence-electron chi connectivity index (χ1n) is 4.73. The number of anilines is 1. The van der Waals surface area contributed by atoms with Gasteiger partial charge in [0.05, 0.1) is 10.4 Å². The lowest BCUT2D eigenvalue weighted by molar-refractivity contribution is 0.818. The van der Waals surface area contributed by atoms with Gasteiger partial charge >= 0.3 is 0 Å². The van der Waals surface area contributed by atoms with Gasteiger partial charge in [-0.1, -0.05) is 24.3 Å². The number of benzene rings is 1. The van der Waals surface area contributed by atoms with Gasteiger partial charge in [0.2, 0.25) is 0 Å². The molecule has 1 heterocycles. The summed E-state index contributed by atoms with van der Waals surface area (Å²) < 4.78 is 0. The molecule has 78 valence electrons. The first-order valence-corrected chi connectivity index (χ1v) is 5.61. The Balaban J connectivity index is 2.36. The van der Waals surface area contributed by atoms with Gasteiger partial charge in [-0.2, -0.15) is 0 Å². The fourth-order valence-electron chi connectivity index (χ4n) is 1.41. The Labute approximate surface area is 92.8 Å². The van der Waals surface area contributed by atoms with E-state index in [9.17, 15) is 0 Å². The van der Waals surface area contributed by atoms with Gasteiger partial charge in [-0.15, -0.1) is 11.3 Å². The zero-order valence-corrected chi connectivity index (χ0v) is 9.29. The number of aromatic nitrogens is 1. The van der Waals surface area contributed by atoms with Crippen molar-refractivity contribution in [1.82, 2.24) is 4.98 Å². The van der Waals surface area contributed by atoms with Gasteiger partial charge < -0.3 is 11.5 Å². The van der Waals surface area contributed by atoms with Crippen LogP contribution in [0.2, 0.25) is 0 Å². The van der Waals surface area contributed by atoms with E-state index in [-0.39, 0.29) is 6.04 Å². The lowest BCUT2D eigenvalue weighted by Gasteiger charge is -2.06. The van der Waals surface area contributed by atoms with Gasteiger partial charge in [0.15, 0.2) is 0 Å². The maximum atomic E-state index is 5.78.